The lowest BCUT2D eigenvalue weighted by molar-refractivity contribution is 0.334. The SMILES string of the molecule is C1=NC2=CCCCC2N1C1CC1. The average Bonchev–Trinajstić information content (AvgIpc) is 2.86. The van der Waals surface area contributed by atoms with Gasteiger partial charge in [-0.25, -0.2) is 4.99 Å². The largest absolute Gasteiger partial charge is 0.351 e. The third-order valence-electron chi connectivity index (χ3n) is 3.05. The van der Waals surface area contributed by atoms with Gasteiger partial charge in [-0.3, -0.25) is 0 Å². The molecule has 0 aromatic rings. The fourth-order valence-electron chi connectivity index (χ4n) is 2.22. The van der Waals surface area contributed by atoms with Gasteiger partial charge in [0.05, 0.1) is 18.1 Å². The van der Waals surface area contributed by atoms with Gasteiger partial charge in [-0.15, -0.1) is 0 Å². The van der Waals surface area contributed by atoms with Crippen LogP contribution < -0.4 is 0 Å². The third kappa shape index (κ3) is 0.904. The number of aliphatic imine (C=N–C) groups is 1. The highest BCUT2D eigenvalue weighted by Crippen LogP contribution is 2.36. The van der Waals surface area contributed by atoms with Crippen molar-refractivity contribution >= 4 is 6.34 Å². The van der Waals surface area contributed by atoms with Gasteiger partial charge in [0, 0.05) is 6.04 Å². The Kier molecular flexibility index (Phi) is 1.31. The maximum atomic E-state index is 4.46. The van der Waals surface area contributed by atoms with E-state index in [4.69, 9.17) is 0 Å². The van der Waals surface area contributed by atoms with E-state index in [2.05, 4.69) is 22.3 Å². The Bertz CT molecular complexity index is 251. The van der Waals surface area contributed by atoms with E-state index in [1.807, 2.05) is 0 Å². The van der Waals surface area contributed by atoms with E-state index in [1.165, 1.54) is 37.8 Å². The Hall–Kier alpha value is -0.790. The monoisotopic (exact) mass is 162 g/mol. The maximum Gasteiger partial charge on any atom is 0.0917 e. The standard InChI is InChI=1S/C10H14N2/c1-2-4-10-9(3-1)11-7-12(10)8-5-6-8/h3,7-8,10H,1-2,4-6H2. The van der Waals surface area contributed by atoms with E-state index in [1.54, 1.807) is 0 Å². The first-order valence-corrected chi connectivity index (χ1v) is 4.97. The van der Waals surface area contributed by atoms with Crippen LogP contribution in [0.25, 0.3) is 0 Å². The Morgan fingerprint density at radius 3 is 3.08 bits per heavy atom. The molecule has 1 saturated carbocycles. The molecule has 0 amide bonds. The van der Waals surface area contributed by atoms with Crippen LogP contribution in [0.5, 0.6) is 0 Å². The van der Waals surface area contributed by atoms with Gasteiger partial charge in [-0.2, -0.15) is 0 Å². The van der Waals surface area contributed by atoms with Crippen LogP contribution in [-0.2, 0) is 0 Å². The van der Waals surface area contributed by atoms with Gasteiger partial charge < -0.3 is 4.90 Å². The van der Waals surface area contributed by atoms with Gasteiger partial charge in [-0.1, -0.05) is 6.08 Å². The van der Waals surface area contributed by atoms with Crippen molar-refractivity contribution in [3.8, 4) is 0 Å². The Balaban J connectivity index is 1.85. The van der Waals surface area contributed by atoms with Crippen molar-refractivity contribution in [1.82, 2.24) is 4.90 Å². The quantitative estimate of drug-likeness (QED) is 0.575. The van der Waals surface area contributed by atoms with Crippen LogP contribution in [0.3, 0.4) is 0 Å². The molecule has 1 fully saturated rings. The first kappa shape index (κ1) is 6.70. The zero-order chi connectivity index (χ0) is 7.97. The number of rotatable bonds is 1. The molecule has 0 N–H and O–H groups in total. The highest BCUT2D eigenvalue weighted by atomic mass is 15.3. The summed E-state index contributed by atoms with van der Waals surface area (Å²) in [6, 6.07) is 1.49. The summed E-state index contributed by atoms with van der Waals surface area (Å²) in [5.41, 5.74) is 1.34. The van der Waals surface area contributed by atoms with Gasteiger partial charge in [0.2, 0.25) is 0 Å². The summed E-state index contributed by atoms with van der Waals surface area (Å²) >= 11 is 0. The maximum absolute atomic E-state index is 4.46. The number of nitrogens with zero attached hydrogens (tertiary/aromatic N) is 2. The van der Waals surface area contributed by atoms with E-state index in [0.29, 0.717) is 6.04 Å². The van der Waals surface area contributed by atoms with E-state index in [-0.39, 0.29) is 0 Å². The summed E-state index contributed by atoms with van der Waals surface area (Å²) in [5, 5.41) is 0. The van der Waals surface area contributed by atoms with E-state index >= 15 is 0 Å². The molecule has 0 aromatic heterocycles. The molecule has 2 nitrogen and oxygen atoms in total. The topological polar surface area (TPSA) is 15.6 Å². The smallest absolute Gasteiger partial charge is 0.0917 e. The Morgan fingerprint density at radius 2 is 2.25 bits per heavy atom. The molecule has 1 heterocycles. The third-order valence-corrected chi connectivity index (χ3v) is 3.05. The summed E-state index contributed by atoms with van der Waals surface area (Å²) in [4.78, 5) is 6.94. The molecule has 3 rings (SSSR count). The molecule has 0 spiro atoms. The van der Waals surface area contributed by atoms with Crippen LogP contribution in [0.2, 0.25) is 0 Å². The molecule has 1 atom stereocenters. The second-order valence-corrected chi connectivity index (χ2v) is 4.00. The average molecular weight is 162 g/mol. The van der Waals surface area contributed by atoms with Crippen molar-refractivity contribution in [2.45, 2.75) is 44.2 Å². The fraction of sp³-hybridized carbons (Fsp3) is 0.700. The van der Waals surface area contributed by atoms with E-state index < -0.39 is 0 Å². The molecule has 0 aromatic carbocycles. The lowest BCUT2D eigenvalue weighted by Crippen LogP contribution is -2.33. The second-order valence-electron chi connectivity index (χ2n) is 4.00. The number of hydrogen-bond acceptors (Lipinski definition) is 2. The molecule has 0 radical (unpaired) electrons. The van der Waals surface area contributed by atoms with Crippen LogP contribution in [-0.4, -0.2) is 23.3 Å². The zero-order valence-electron chi connectivity index (χ0n) is 7.24. The van der Waals surface area contributed by atoms with Crippen LogP contribution in [0, 0.1) is 0 Å². The summed E-state index contributed by atoms with van der Waals surface area (Å²) in [7, 11) is 0. The summed E-state index contributed by atoms with van der Waals surface area (Å²) in [5.74, 6) is 0. The Labute approximate surface area is 73.0 Å². The molecule has 0 saturated heterocycles. The summed E-state index contributed by atoms with van der Waals surface area (Å²) in [6.45, 7) is 0. The van der Waals surface area contributed by atoms with Crippen LogP contribution in [0.15, 0.2) is 16.8 Å². The van der Waals surface area contributed by atoms with Gasteiger partial charge in [0.15, 0.2) is 0 Å². The van der Waals surface area contributed by atoms with E-state index in [9.17, 15) is 0 Å². The van der Waals surface area contributed by atoms with Crippen molar-refractivity contribution in [2.75, 3.05) is 0 Å². The Morgan fingerprint density at radius 1 is 1.33 bits per heavy atom. The fourth-order valence-corrected chi connectivity index (χ4v) is 2.22. The van der Waals surface area contributed by atoms with Crippen LogP contribution >= 0.6 is 0 Å². The van der Waals surface area contributed by atoms with Crippen molar-refractivity contribution in [2.24, 2.45) is 4.99 Å². The first-order chi connectivity index (χ1) is 5.95. The molecule has 12 heavy (non-hydrogen) atoms. The predicted octanol–water partition coefficient (Wildman–Crippen LogP) is 1.93. The minimum atomic E-state index is 0.659. The molecule has 1 unspecified atom stereocenters. The van der Waals surface area contributed by atoms with Crippen molar-refractivity contribution in [1.29, 1.82) is 0 Å². The van der Waals surface area contributed by atoms with Gasteiger partial charge >= 0.3 is 0 Å². The van der Waals surface area contributed by atoms with Gasteiger partial charge in [0.1, 0.15) is 0 Å². The molecule has 0 bridgehead atoms. The van der Waals surface area contributed by atoms with E-state index in [0.717, 1.165) is 6.04 Å². The number of fused-ring (bicyclic) bond motifs is 1. The zero-order valence-corrected chi connectivity index (χ0v) is 7.24. The second kappa shape index (κ2) is 2.35. The van der Waals surface area contributed by atoms with Crippen molar-refractivity contribution in [3.63, 3.8) is 0 Å². The molecule has 1 aliphatic heterocycles. The molecule has 3 aliphatic rings. The highest BCUT2D eigenvalue weighted by molar-refractivity contribution is 5.63. The van der Waals surface area contributed by atoms with Crippen molar-refractivity contribution in [3.05, 3.63) is 11.8 Å². The first-order valence-electron chi connectivity index (χ1n) is 4.97. The lowest BCUT2D eigenvalue weighted by Gasteiger charge is -2.26. The van der Waals surface area contributed by atoms with Gasteiger partial charge in [-0.05, 0) is 32.1 Å². The van der Waals surface area contributed by atoms with Gasteiger partial charge in [0.25, 0.3) is 0 Å². The normalized spacial score (nSPS) is 33.5. The van der Waals surface area contributed by atoms with Crippen LogP contribution in [0.1, 0.15) is 32.1 Å². The molecule has 2 aliphatic carbocycles. The number of hydrogen-bond donors (Lipinski definition) is 0. The predicted molar refractivity (Wildman–Crippen MR) is 49.1 cm³/mol. The molecule has 64 valence electrons. The molecule has 2 heteroatoms. The molecular formula is C10H14N2. The summed E-state index contributed by atoms with van der Waals surface area (Å²) in [6.07, 6.45) is 11.1. The highest BCUT2D eigenvalue weighted by Gasteiger charge is 2.37. The van der Waals surface area contributed by atoms with Crippen LogP contribution in [0.4, 0.5) is 0 Å². The summed E-state index contributed by atoms with van der Waals surface area (Å²) < 4.78 is 0. The minimum Gasteiger partial charge on any atom is -0.351 e. The lowest BCUT2D eigenvalue weighted by atomic mass is 9.99. The van der Waals surface area contributed by atoms with Crippen molar-refractivity contribution < 1.29 is 0 Å². The molecular weight excluding hydrogens is 148 g/mol. The number of allylic oxidation sites excluding steroid dienone is 1. The minimum absolute atomic E-state index is 0.659.